The molecule has 4 nitrogen and oxygen atoms in total. The number of halogens is 3. The van der Waals surface area contributed by atoms with Gasteiger partial charge in [-0.3, -0.25) is 4.79 Å². The van der Waals surface area contributed by atoms with E-state index < -0.39 is 6.61 Å². The molecule has 0 heterocycles. The van der Waals surface area contributed by atoms with Crippen molar-refractivity contribution in [3.8, 4) is 5.75 Å². The van der Waals surface area contributed by atoms with Gasteiger partial charge in [-0.1, -0.05) is 18.5 Å². The predicted molar refractivity (Wildman–Crippen MR) is 79.1 cm³/mol. The predicted octanol–water partition coefficient (Wildman–Crippen LogP) is 3.66. The molecular formula is C14H19ClF2N2O2. The summed E-state index contributed by atoms with van der Waals surface area (Å²) in [5.74, 6) is -0.264. The van der Waals surface area contributed by atoms with E-state index in [0.717, 1.165) is 6.42 Å². The minimum absolute atomic E-state index is 0.0506. The summed E-state index contributed by atoms with van der Waals surface area (Å²) < 4.78 is 28.4. The number of nitrogens with one attached hydrogen (secondary N) is 2. The smallest absolute Gasteiger partial charge is 0.387 e. The van der Waals surface area contributed by atoms with Crippen LogP contribution in [-0.4, -0.2) is 24.6 Å². The molecule has 1 aromatic carbocycles. The highest BCUT2D eigenvalue weighted by Gasteiger charge is 2.17. The molecule has 0 fully saturated rings. The molecule has 0 unspecified atom stereocenters. The van der Waals surface area contributed by atoms with Crippen LogP contribution >= 0.6 is 11.6 Å². The van der Waals surface area contributed by atoms with E-state index in [2.05, 4.69) is 15.4 Å². The van der Waals surface area contributed by atoms with E-state index in [1.165, 1.54) is 18.2 Å². The van der Waals surface area contributed by atoms with Crippen molar-refractivity contribution in [3.63, 3.8) is 0 Å². The fraction of sp³-hybridized carbons (Fsp3) is 0.500. The number of rotatable bonds is 7. The molecule has 1 rings (SSSR count). The molecule has 2 N–H and O–H groups in total. The Bertz CT molecular complexity index is 496. The molecule has 0 spiro atoms. The maximum atomic E-state index is 12.1. The average Bonchev–Trinajstić information content (AvgIpc) is 2.38. The van der Waals surface area contributed by atoms with Crippen LogP contribution < -0.4 is 15.4 Å². The van der Waals surface area contributed by atoms with E-state index in [1.807, 2.05) is 20.8 Å². The van der Waals surface area contributed by atoms with E-state index in [4.69, 9.17) is 11.6 Å². The minimum Gasteiger partial charge on any atom is -0.433 e. The number of ether oxygens (including phenoxy) is 1. The molecule has 0 saturated heterocycles. The van der Waals surface area contributed by atoms with Crippen molar-refractivity contribution < 1.29 is 18.3 Å². The molecule has 7 heteroatoms. The van der Waals surface area contributed by atoms with Gasteiger partial charge in [-0.05, 0) is 38.5 Å². The lowest BCUT2D eigenvalue weighted by molar-refractivity contribution is -0.121. The molecule has 0 atom stereocenters. The Morgan fingerprint density at radius 2 is 2.10 bits per heavy atom. The molecule has 1 amide bonds. The van der Waals surface area contributed by atoms with E-state index in [0.29, 0.717) is 5.69 Å². The second-order valence-electron chi connectivity index (χ2n) is 5.16. The molecule has 0 saturated carbocycles. The van der Waals surface area contributed by atoms with Crippen molar-refractivity contribution in [2.75, 3.05) is 11.9 Å². The summed E-state index contributed by atoms with van der Waals surface area (Å²) in [6.45, 7) is 2.98. The van der Waals surface area contributed by atoms with E-state index in [-0.39, 0.29) is 28.8 Å². The van der Waals surface area contributed by atoms with Crippen LogP contribution in [0.2, 0.25) is 5.02 Å². The van der Waals surface area contributed by atoms with Gasteiger partial charge >= 0.3 is 6.61 Å². The molecule has 1 aromatic rings. The van der Waals surface area contributed by atoms with Crippen molar-refractivity contribution in [2.45, 2.75) is 39.3 Å². The van der Waals surface area contributed by atoms with E-state index >= 15 is 0 Å². The van der Waals surface area contributed by atoms with Gasteiger partial charge in [-0.2, -0.15) is 8.78 Å². The van der Waals surface area contributed by atoms with Crippen molar-refractivity contribution >= 4 is 23.2 Å². The molecular weight excluding hydrogens is 302 g/mol. The zero-order valence-corrected chi connectivity index (χ0v) is 12.9. The normalized spacial score (nSPS) is 11.4. The van der Waals surface area contributed by atoms with Gasteiger partial charge in [0, 0.05) is 11.2 Å². The topological polar surface area (TPSA) is 50.4 Å². The monoisotopic (exact) mass is 320 g/mol. The Kier molecular flexibility index (Phi) is 6.20. The van der Waals surface area contributed by atoms with E-state index in [1.54, 1.807) is 0 Å². The summed E-state index contributed by atoms with van der Waals surface area (Å²) in [5, 5.41) is 5.79. The fourth-order valence-electron chi connectivity index (χ4n) is 1.49. The van der Waals surface area contributed by atoms with Crippen LogP contribution in [0.25, 0.3) is 0 Å². The van der Waals surface area contributed by atoms with Gasteiger partial charge in [0.15, 0.2) is 0 Å². The average molecular weight is 321 g/mol. The fourth-order valence-corrected chi connectivity index (χ4v) is 1.72. The third kappa shape index (κ3) is 6.16. The SMILES string of the molecule is CCC(C)(C)NC(=O)CNc1ccc(OC(F)F)c(Cl)c1. The molecule has 0 aliphatic carbocycles. The Morgan fingerprint density at radius 1 is 1.43 bits per heavy atom. The van der Waals surface area contributed by atoms with Gasteiger partial charge < -0.3 is 15.4 Å². The first kappa shape index (κ1) is 17.5. The summed E-state index contributed by atoms with van der Waals surface area (Å²) in [7, 11) is 0. The summed E-state index contributed by atoms with van der Waals surface area (Å²) in [6, 6.07) is 4.27. The van der Waals surface area contributed by atoms with Crippen molar-refractivity contribution in [1.82, 2.24) is 5.32 Å². The summed E-state index contributed by atoms with van der Waals surface area (Å²) in [6.07, 6.45) is 0.810. The van der Waals surface area contributed by atoms with Gasteiger partial charge in [0.2, 0.25) is 5.91 Å². The van der Waals surface area contributed by atoms with E-state index in [9.17, 15) is 13.6 Å². The highest BCUT2D eigenvalue weighted by molar-refractivity contribution is 6.32. The van der Waals surface area contributed by atoms with Crippen LogP contribution in [0.5, 0.6) is 5.75 Å². The van der Waals surface area contributed by atoms with Crippen LogP contribution in [0.15, 0.2) is 18.2 Å². The number of anilines is 1. The standard InChI is InChI=1S/C14H19ClF2N2O2/c1-4-14(2,3)19-12(20)8-18-9-5-6-11(10(15)7-9)21-13(16)17/h5-7,13,18H,4,8H2,1-3H3,(H,19,20). The van der Waals surface area contributed by atoms with Crippen molar-refractivity contribution in [2.24, 2.45) is 0 Å². The number of alkyl halides is 2. The Labute approximate surface area is 127 Å². The highest BCUT2D eigenvalue weighted by atomic mass is 35.5. The maximum Gasteiger partial charge on any atom is 0.387 e. The number of amides is 1. The van der Waals surface area contributed by atoms with Crippen molar-refractivity contribution in [1.29, 1.82) is 0 Å². The lowest BCUT2D eigenvalue weighted by Crippen LogP contribution is -2.45. The zero-order chi connectivity index (χ0) is 16.0. The van der Waals surface area contributed by atoms with Gasteiger partial charge in [0.25, 0.3) is 0 Å². The molecule has 0 bridgehead atoms. The van der Waals surface area contributed by atoms with Crippen LogP contribution in [0, 0.1) is 0 Å². The number of carbonyl (C=O) groups is 1. The number of hydrogen-bond donors (Lipinski definition) is 2. The second-order valence-corrected chi connectivity index (χ2v) is 5.57. The second kappa shape index (κ2) is 7.45. The third-order valence-corrected chi connectivity index (χ3v) is 3.26. The number of hydrogen-bond acceptors (Lipinski definition) is 3. The van der Waals surface area contributed by atoms with Crippen LogP contribution in [0.3, 0.4) is 0 Å². The summed E-state index contributed by atoms with van der Waals surface area (Å²) >= 11 is 5.82. The third-order valence-electron chi connectivity index (χ3n) is 2.96. The molecule has 0 aliphatic heterocycles. The molecule has 0 aliphatic rings. The van der Waals surface area contributed by atoms with Crippen LogP contribution in [0.4, 0.5) is 14.5 Å². The van der Waals surface area contributed by atoms with Gasteiger partial charge in [-0.25, -0.2) is 0 Å². The first-order valence-corrected chi connectivity index (χ1v) is 6.90. The minimum atomic E-state index is -2.93. The largest absolute Gasteiger partial charge is 0.433 e. The first-order chi connectivity index (χ1) is 9.73. The van der Waals surface area contributed by atoms with Gasteiger partial charge in [-0.15, -0.1) is 0 Å². The zero-order valence-electron chi connectivity index (χ0n) is 12.2. The molecule has 21 heavy (non-hydrogen) atoms. The van der Waals surface area contributed by atoms with Crippen molar-refractivity contribution in [3.05, 3.63) is 23.2 Å². The lowest BCUT2D eigenvalue weighted by Gasteiger charge is -2.24. The van der Waals surface area contributed by atoms with Crippen LogP contribution in [0.1, 0.15) is 27.2 Å². The highest BCUT2D eigenvalue weighted by Crippen LogP contribution is 2.28. The molecule has 118 valence electrons. The number of carbonyl (C=O) groups excluding carboxylic acids is 1. The lowest BCUT2D eigenvalue weighted by atomic mass is 10.0. The quantitative estimate of drug-likeness (QED) is 0.806. The molecule has 0 aromatic heterocycles. The maximum absolute atomic E-state index is 12.1. The Morgan fingerprint density at radius 3 is 2.62 bits per heavy atom. The van der Waals surface area contributed by atoms with Gasteiger partial charge in [0.05, 0.1) is 11.6 Å². The van der Waals surface area contributed by atoms with Gasteiger partial charge in [0.1, 0.15) is 5.75 Å². The number of benzene rings is 1. The summed E-state index contributed by atoms with van der Waals surface area (Å²) in [4.78, 5) is 11.8. The Hall–Kier alpha value is -1.56. The Balaban J connectivity index is 2.56. The molecule has 0 radical (unpaired) electrons. The first-order valence-electron chi connectivity index (χ1n) is 6.53. The summed E-state index contributed by atoms with van der Waals surface area (Å²) in [5.41, 5.74) is 0.275. The van der Waals surface area contributed by atoms with Crippen LogP contribution in [-0.2, 0) is 4.79 Å².